The van der Waals surface area contributed by atoms with Crippen LogP contribution in [0.3, 0.4) is 0 Å². The Labute approximate surface area is 103 Å². The van der Waals surface area contributed by atoms with Crippen molar-refractivity contribution in [2.45, 2.75) is 25.8 Å². The molecule has 0 spiro atoms. The molecule has 1 unspecified atom stereocenters. The van der Waals surface area contributed by atoms with Crippen LogP contribution >= 0.6 is 0 Å². The predicted molar refractivity (Wildman–Crippen MR) is 70.1 cm³/mol. The molecular weight excluding hydrogens is 214 g/mol. The van der Waals surface area contributed by atoms with Crippen LogP contribution in [-0.2, 0) is 0 Å². The largest absolute Gasteiger partial charge is 0.368 e. The number of hydrogen-bond acceptors (Lipinski definition) is 5. The summed E-state index contributed by atoms with van der Waals surface area (Å²) in [5, 5.41) is 0. The number of nitrogens with zero attached hydrogens (tertiary/aromatic N) is 4. The van der Waals surface area contributed by atoms with E-state index in [1.807, 2.05) is 6.92 Å². The van der Waals surface area contributed by atoms with Gasteiger partial charge in [-0.25, -0.2) is 4.98 Å². The number of aryl methyl sites for hydroxylation is 1. The standard InChI is InChI=1S/C12H21N5/c1-9-7-14-12(13)15-11(9)17(3)8-10-5-4-6-16(10)2/h7,10H,4-6,8H2,1-3H3,(H2,13,14,15). The minimum atomic E-state index is 0.345. The Hall–Kier alpha value is -1.36. The van der Waals surface area contributed by atoms with Gasteiger partial charge in [-0.15, -0.1) is 0 Å². The van der Waals surface area contributed by atoms with Gasteiger partial charge in [0, 0.05) is 31.4 Å². The molecule has 0 aliphatic carbocycles. The average Bonchev–Trinajstić information content (AvgIpc) is 2.68. The van der Waals surface area contributed by atoms with Crippen LogP contribution in [-0.4, -0.2) is 48.1 Å². The number of nitrogen functional groups attached to an aromatic ring is 1. The normalized spacial score (nSPS) is 20.8. The Kier molecular flexibility index (Phi) is 3.47. The van der Waals surface area contributed by atoms with E-state index in [4.69, 9.17) is 5.73 Å². The molecule has 5 heteroatoms. The second kappa shape index (κ2) is 4.87. The molecular formula is C12H21N5. The van der Waals surface area contributed by atoms with E-state index in [1.165, 1.54) is 19.4 Å². The van der Waals surface area contributed by atoms with Crippen molar-refractivity contribution < 1.29 is 0 Å². The van der Waals surface area contributed by atoms with E-state index in [0.717, 1.165) is 17.9 Å². The molecule has 5 nitrogen and oxygen atoms in total. The van der Waals surface area contributed by atoms with Gasteiger partial charge in [-0.3, -0.25) is 0 Å². The summed E-state index contributed by atoms with van der Waals surface area (Å²) >= 11 is 0. The smallest absolute Gasteiger partial charge is 0.221 e. The van der Waals surface area contributed by atoms with Gasteiger partial charge in [0.05, 0.1) is 0 Å². The third-order valence-electron chi connectivity index (χ3n) is 3.48. The van der Waals surface area contributed by atoms with Gasteiger partial charge in [0.2, 0.25) is 5.95 Å². The number of anilines is 2. The molecule has 17 heavy (non-hydrogen) atoms. The first kappa shape index (κ1) is 12.1. The molecule has 2 N–H and O–H groups in total. The van der Waals surface area contributed by atoms with E-state index >= 15 is 0 Å². The first-order valence-corrected chi connectivity index (χ1v) is 6.08. The summed E-state index contributed by atoms with van der Waals surface area (Å²) in [5.41, 5.74) is 6.71. The topological polar surface area (TPSA) is 58.3 Å². The quantitative estimate of drug-likeness (QED) is 0.843. The Morgan fingerprint density at radius 2 is 2.35 bits per heavy atom. The molecule has 0 saturated carbocycles. The van der Waals surface area contributed by atoms with E-state index < -0.39 is 0 Å². The van der Waals surface area contributed by atoms with Crippen molar-refractivity contribution in [2.24, 2.45) is 0 Å². The molecule has 2 rings (SSSR count). The second-order valence-electron chi connectivity index (χ2n) is 4.89. The van der Waals surface area contributed by atoms with Crippen LogP contribution in [0.4, 0.5) is 11.8 Å². The van der Waals surface area contributed by atoms with E-state index in [9.17, 15) is 0 Å². The van der Waals surface area contributed by atoms with Crippen LogP contribution in [0, 0.1) is 6.92 Å². The van der Waals surface area contributed by atoms with Crippen LogP contribution in [0.25, 0.3) is 0 Å². The van der Waals surface area contributed by atoms with Crippen LogP contribution in [0.5, 0.6) is 0 Å². The van der Waals surface area contributed by atoms with Crippen LogP contribution in [0.15, 0.2) is 6.20 Å². The fourth-order valence-corrected chi connectivity index (χ4v) is 2.45. The number of likely N-dealkylation sites (N-methyl/N-ethyl adjacent to an activating group) is 2. The number of rotatable bonds is 3. The van der Waals surface area contributed by atoms with E-state index in [0.29, 0.717) is 12.0 Å². The zero-order valence-electron chi connectivity index (χ0n) is 10.8. The summed E-state index contributed by atoms with van der Waals surface area (Å²) in [6.45, 7) is 4.21. The minimum absolute atomic E-state index is 0.345. The fraction of sp³-hybridized carbons (Fsp3) is 0.667. The number of hydrogen-bond donors (Lipinski definition) is 1. The van der Waals surface area contributed by atoms with E-state index in [-0.39, 0.29) is 0 Å². The molecule has 1 saturated heterocycles. The lowest BCUT2D eigenvalue weighted by Crippen LogP contribution is -2.37. The molecule has 1 atom stereocenters. The van der Waals surface area contributed by atoms with Crippen molar-refractivity contribution in [2.75, 3.05) is 37.8 Å². The van der Waals surface area contributed by atoms with Gasteiger partial charge in [-0.1, -0.05) is 0 Å². The fourth-order valence-electron chi connectivity index (χ4n) is 2.45. The Morgan fingerprint density at radius 3 is 3.00 bits per heavy atom. The molecule has 0 bridgehead atoms. The minimum Gasteiger partial charge on any atom is -0.368 e. The first-order chi connectivity index (χ1) is 8.08. The summed E-state index contributed by atoms with van der Waals surface area (Å²) in [4.78, 5) is 12.9. The molecule has 1 aromatic rings. The highest BCUT2D eigenvalue weighted by molar-refractivity contribution is 5.47. The highest BCUT2D eigenvalue weighted by atomic mass is 15.2. The van der Waals surface area contributed by atoms with Crippen molar-refractivity contribution >= 4 is 11.8 Å². The van der Waals surface area contributed by atoms with Gasteiger partial charge in [0.1, 0.15) is 5.82 Å². The predicted octanol–water partition coefficient (Wildman–Crippen LogP) is 0.898. The second-order valence-corrected chi connectivity index (χ2v) is 4.89. The lowest BCUT2D eigenvalue weighted by Gasteiger charge is -2.27. The van der Waals surface area contributed by atoms with Gasteiger partial charge in [-0.2, -0.15) is 4.98 Å². The molecule has 0 aromatic carbocycles. The summed E-state index contributed by atoms with van der Waals surface area (Å²) in [6.07, 6.45) is 4.34. The number of aromatic nitrogens is 2. The Morgan fingerprint density at radius 1 is 1.59 bits per heavy atom. The van der Waals surface area contributed by atoms with Crippen molar-refractivity contribution in [3.05, 3.63) is 11.8 Å². The van der Waals surface area contributed by atoms with Crippen LogP contribution < -0.4 is 10.6 Å². The van der Waals surface area contributed by atoms with Gasteiger partial charge < -0.3 is 15.5 Å². The maximum Gasteiger partial charge on any atom is 0.221 e. The summed E-state index contributed by atoms with van der Waals surface area (Å²) in [6, 6.07) is 0.621. The molecule has 1 fully saturated rings. The molecule has 1 aliphatic rings. The monoisotopic (exact) mass is 235 g/mol. The molecule has 2 heterocycles. The number of likely N-dealkylation sites (tertiary alicyclic amines) is 1. The third-order valence-corrected chi connectivity index (χ3v) is 3.48. The molecule has 0 radical (unpaired) electrons. The summed E-state index contributed by atoms with van der Waals surface area (Å²) < 4.78 is 0. The van der Waals surface area contributed by atoms with Gasteiger partial charge >= 0.3 is 0 Å². The highest BCUT2D eigenvalue weighted by Crippen LogP contribution is 2.20. The molecule has 94 valence electrons. The zero-order valence-corrected chi connectivity index (χ0v) is 10.8. The van der Waals surface area contributed by atoms with E-state index in [2.05, 4.69) is 33.9 Å². The molecule has 1 aliphatic heterocycles. The molecule has 0 amide bonds. The lowest BCUT2D eigenvalue weighted by molar-refractivity contribution is 0.314. The summed E-state index contributed by atoms with van der Waals surface area (Å²) in [5.74, 6) is 1.29. The highest BCUT2D eigenvalue weighted by Gasteiger charge is 2.23. The van der Waals surface area contributed by atoms with Crippen LogP contribution in [0.1, 0.15) is 18.4 Å². The van der Waals surface area contributed by atoms with Crippen molar-refractivity contribution in [3.8, 4) is 0 Å². The zero-order chi connectivity index (χ0) is 12.4. The van der Waals surface area contributed by atoms with Crippen LogP contribution in [0.2, 0.25) is 0 Å². The Balaban J connectivity index is 2.08. The Bertz CT molecular complexity index is 392. The third kappa shape index (κ3) is 2.66. The van der Waals surface area contributed by atoms with Gasteiger partial charge in [0.25, 0.3) is 0 Å². The van der Waals surface area contributed by atoms with Crippen molar-refractivity contribution in [1.29, 1.82) is 0 Å². The van der Waals surface area contributed by atoms with Gasteiger partial charge in [0.15, 0.2) is 0 Å². The van der Waals surface area contributed by atoms with E-state index in [1.54, 1.807) is 6.20 Å². The van der Waals surface area contributed by atoms with Gasteiger partial charge in [-0.05, 0) is 33.4 Å². The average molecular weight is 235 g/mol. The number of nitrogens with two attached hydrogens (primary N) is 1. The SMILES string of the molecule is Cc1cnc(N)nc1N(C)CC1CCCN1C. The molecule has 1 aromatic heterocycles. The first-order valence-electron chi connectivity index (χ1n) is 6.08. The summed E-state index contributed by atoms with van der Waals surface area (Å²) in [7, 11) is 4.26. The van der Waals surface area contributed by atoms with Crippen molar-refractivity contribution in [1.82, 2.24) is 14.9 Å². The lowest BCUT2D eigenvalue weighted by atomic mass is 10.2. The van der Waals surface area contributed by atoms with Crippen molar-refractivity contribution in [3.63, 3.8) is 0 Å². The maximum atomic E-state index is 5.64. The maximum absolute atomic E-state index is 5.64.